The zero-order chi connectivity index (χ0) is 13.6. The number of likely N-dealkylation sites (N-methyl/N-ethyl adjacent to an activating group) is 1. The van der Waals surface area contributed by atoms with Crippen molar-refractivity contribution in [3.8, 4) is 0 Å². The highest BCUT2D eigenvalue weighted by Crippen LogP contribution is 2.22. The Kier molecular flexibility index (Phi) is 6.09. The smallest absolute Gasteiger partial charge is 0.237 e. The molecule has 0 aromatic rings. The summed E-state index contributed by atoms with van der Waals surface area (Å²) in [5.74, 6) is 0.656. The van der Waals surface area contributed by atoms with Gasteiger partial charge in [-0.1, -0.05) is 19.8 Å². The van der Waals surface area contributed by atoms with Crippen LogP contribution in [0.5, 0.6) is 0 Å². The molecule has 0 saturated carbocycles. The fraction of sp³-hybridized carbons (Fsp3) is 0.929. The number of amides is 1. The van der Waals surface area contributed by atoms with Crippen LogP contribution in [0.2, 0.25) is 0 Å². The molecule has 3 N–H and O–H groups in total. The second kappa shape index (κ2) is 7.10. The van der Waals surface area contributed by atoms with E-state index in [0.717, 1.165) is 18.9 Å². The van der Waals surface area contributed by atoms with Gasteiger partial charge in [0.2, 0.25) is 5.91 Å². The molecule has 0 aliphatic carbocycles. The normalized spacial score (nSPS) is 21.7. The molecule has 4 nitrogen and oxygen atoms in total. The quantitative estimate of drug-likeness (QED) is 0.722. The molecular formula is C14H29N3O. The highest BCUT2D eigenvalue weighted by atomic mass is 16.1. The summed E-state index contributed by atoms with van der Waals surface area (Å²) in [4.78, 5) is 13.9. The summed E-state index contributed by atoms with van der Waals surface area (Å²) in [5, 5.41) is 3.05. The Morgan fingerprint density at radius 3 is 2.50 bits per heavy atom. The van der Waals surface area contributed by atoms with Gasteiger partial charge in [-0.05, 0) is 52.2 Å². The number of hydrogen-bond acceptors (Lipinski definition) is 3. The zero-order valence-corrected chi connectivity index (χ0v) is 12.2. The van der Waals surface area contributed by atoms with Gasteiger partial charge < -0.3 is 16.0 Å². The minimum absolute atomic E-state index is 0.258. The molecule has 1 aliphatic heterocycles. The standard InChI is InChI=1S/C14H29N3O/c1-4-5-12-6-9-17(10-7-12)11-8-14(2,16-3)13(15)18/h12,16H,4-11H2,1-3H3,(H2,15,18). The maximum Gasteiger partial charge on any atom is 0.237 e. The van der Waals surface area contributed by atoms with E-state index in [1.54, 1.807) is 7.05 Å². The molecule has 0 radical (unpaired) electrons. The first-order valence-electron chi connectivity index (χ1n) is 7.23. The lowest BCUT2D eigenvalue weighted by atomic mass is 9.91. The van der Waals surface area contributed by atoms with Crippen LogP contribution < -0.4 is 11.1 Å². The lowest BCUT2D eigenvalue weighted by Gasteiger charge is -2.34. The molecule has 1 aliphatic rings. The number of rotatable bonds is 7. The highest BCUT2D eigenvalue weighted by Gasteiger charge is 2.29. The molecule has 0 aromatic carbocycles. The number of carbonyl (C=O) groups is 1. The molecule has 0 bridgehead atoms. The number of primary amides is 1. The average molecular weight is 255 g/mol. The monoisotopic (exact) mass is 255 g/mol. The van der Waals surface area contributed by atoms with Gasteiger partial charge in [-0.15, -0.1) is 0 Å². The molecule has 1 amide bonds. The number of piperidine rings is 1. The van der Waals surface area contributed by atoms with Crippen molar-refractivity contribution in [3.63, 3.8) is 0 Å². The van der Waals surface area contributed by atoms with Gasteiger partial charge in [0.15, 0.2) is 0 Å². The third-order valence-electron chi connectivity index (χ3n) is 4.43. The van der Waals surface area contributed by atoms with Crippen molar-refractivity contribution in [2.75, 3.05) is 26.7 Å². The van der Waals surface area contributed by atoms with Crippen molar-refractivity contribution >= 4 is 5.91 Å². The highest BCUT2D eigenvalue weighted by molar-refractivity contribution is 5.84. The predicted octanol–water partition coefficient (Wildman–Crippen LogP) is 1.35. The van der Waals surface area contributed by atoms with Crippen LogP contribution in [0.15, 0.2) is 0 Å². The van der Waals surface area contributed by atoms with Crippen LogP contribution in [0.25, 0.3) is 0 Å². The number of nitrogens with one attached hydrogen (secondary N) is 1. The summed E-state index contributed by atoms with van der Waals surface area (Å²) in [5.41, 5.74) is 4.87. The summed E-state index contributed by atoms with van der Waals surface area (Å²) in [6.45, 7) is 7.45. The summed E-state index contributed by atoms with van der Waals surface area (Å²) >= 11 is 0. The van der Waals surface area contributed by atoms with Crippen LogP contribution in [-0.4, -0.2) is 43.0 Å². The van der Waals surface area contributed by atoms with Crippen molar-refractivity contribution < 1.29 is 4.79 Å². The molecule has 0 aromatic heterocycles. The van der Waals surface area contributed by atoms with Crippen LogP contribution in [-0.2, 0) is 4.79 Å². The number of nitrogens with two attached hydrogens (primary N) is 1. The van der Waals surface area contributed by atoms with Gasteiger partial charge in [0.25, 0.3) is 0 Å². The van der Waals surface area contributed by atoms with E-state index in [1.165, 1.54) is 38.8 Å². The van der Waals surface area contributed by atoms with Gasteiger partial charge in [0.05, 0.1) is 5.54 Å². The number of nitrogens with zero attached hydrogens (tertiary/aromatic N) is 1. The van der Waals surface area contributed by atoms with Crippen molar-refractivity contribution in [2.24, 2.45) is 11.7 Å². The molecule has 4 heteroatoms. The first kappa shape index (κ1) is 15.4. The maximum atomic E-state index is 11.4. The fourth-order valence-electron chi connectivity index (χ4n) is 2.66. The van der Waals surface area contributed by atoms with Gasteiger partial charge in [0, 0.05) is 6.54 Å². The van der Waals surface area contributed by atoms with Crippen molar-refractivity contribution in [1.29, 1.82) is 0 Å². The third kappa shape index (κ3) is 4.25. The van der Waals surface area contributed by atoms with E-state index in [4.69, 9.17) is 5.73 Å². The third-order valence-corrected chi connectivity index (χ3v) is 4.43. The second-order valence-corrected chi connectivity index (χ2v) is 5.77. The predicted molar refractivity (Wildman–Crippen MR) is 75.3 cm³/mol. The first-order chi connectivity index (χ1) is 8.51. The summed E-state index contributed by atoms with van der Waals surface area (Å²) in [6, 6.07) is 0. The van der Waals surface area contributed by atoms with Crippen LogP contribution in [0.1, 0.15) is 46.0 Å². The summed E-state index contributed by atoms with van der Waals surface area (Å²) in [7, 11) is 1.80. The largest absolute Gasteiger partial charge is 0.368 e. The minimum Gasteiger partial charge on any atom is -0.368 e. The van der Waals surface area contributed by atoms with Crippen LogP contribution >= 0.6 is 0 Å². The topological polar surface area (TPSA) is 58.4 Å². The van der Waals surface area contributed by atoms with E-state index in [2.05, 4.69) is 17.1 Å². The lowest BCUT2D eigenvalue weighted by Crippen LogP contribution is -2.53. The van der Waals surface area contributed by atoms with E-state index in [0.29, 0.717) is 0 Å². The Morgan fingerprint density at radius 2 is 2.06 bits per heavy atom. The molecule has 106 valence electrons. The molecule has 1 rings (SSSR count). The molecule has 1 saturated heterocycles. The number of carbonyl (C=O) groups excluding carboxylic acids is 1. The zero-order valence-electron chi connectivity index (χ0n) is 12.2. The van der Waals surface area contributed by atoms with Crippen LogP contribution in [0.4, 0.5) is 0 Å². The Hall–Kier alpha value is -0.610. The molecule has 1 unspecified atom stereocenters. The maximum absolute atomic E-state index is 11.4. The van der Waals surface area contributed by atoms with Gasteiger partial charge in [-0.2, -0.15) is 0 Å². The van der Waals surface area contributed by atoms with Crippen molar-refractivity contribution in [1.82, 2.24) is 10.2 Å². The molecule has 1 atom stereocenters. The van der Waals surface area contributed by atoms with Crippen molar-refractivity contribution in [3.05, 3.63) is 0 Å². The molecule has 0 spiro atoms. The van der Waals surface area contributed by atoms with Gasteiger partial charge >= 0.3 is 0 Å². The summed E-state index contributed by atoms with van der Waals surface area (Å²) in [6.07, 6.45) is 6.06. The van der Waals surface area contributed by atoms with E-state index in [9.17, 15) is 4.79 Å². The second-order valence-electron chi connectivity index (χ2n) is 5.77. The minimum atomic E-state index is -0.569. The SMILES string of the molecule is CCCC1CCN(CCC(C)(NC)C(N)=O)CC1. The van der Waals surface area contributed by atoms with Gasteiger partial charge in [-0.25, -0.2) is 0 Å². The first-order valence-corrected chi connectivity index (χ1v) is 7.23. The molecule has 1 heterocycles. The van der Waals surface area contributed by atoms with Crippen molar-refractivity contribution in [2.45, 2.75) is 51.5 Å². The van der Waals surface area contributed by atoms with E-state index >= 15 is 0 Å². The van der Waals surface area contributed by atoms with Crippen LogP contribution in [0, 0.1) is 5.92 Å². The fourth-order valence-corrected chi connectivity index (χ4v) is 2.66. The Balaban J connectivity index is 2.31. The number of hydrogen-bond donors (Lipinski definition) is 2. The van der Waals surface area contributed by atoms with E-state index in [1.807, 2.05) is 6.92 Å². The average Bonchev–Trinajstić information content (AvgIpc) is 2.37. The van der Waals surface area contributed by atoms with Gasteiger partial charge in [0.1, 0.15) is 0 Å². The molecule has 1 fully saturated rings. The van der Waals surface area contributed by atoms with Crippen LogP contribution in [0.3, 0.4) is 0 Å². The Morgan fingerprint density at radius 1 is 1.44 bits per heavy atom. The molecule has 18 heavy (non-hydrogen) atoms. The lowest BCUT2D eigenvalue weighted by molar-refractivity contribution is -0.124. The summed E-state index contributed by atoms with van der Waals surface area (Å²) < 4.78 is 0. The number of likely N-dealkylation sites (tertiary alicyclic amines) is 1. The molecular weight excluding hydrogens is 226 g/mol. The Bertz CT molecular complexity index is 262. The van der Waals surface area contributed by atoms with Gasteiger partial charge in [-0.3, -0.25) is 4.79 Å². The Labute approximate surface area is 111 Å². The van der Waals surface area contributed by atoms with E-state index in [-0.39, 0.29) is 5.91 Å². The van der Waals surface area contributed by atoms with E-state index < -0.39 is 5.54 Å².